The Kier molecular flexibility index (Phi) is 4.41. The summed E-state index contributed by atoms with van der Waals surface area (Å²) in [5.41, 5.74) is 4.16. The number of likely N-dealkylation sites (N-methyl/N-ethyl adjacent to an activating group) is 2. The lowest BCUT2D eigenvalue weighted by atomic mass is 10.0. The molecule has 1 N–H and O–H groups in total. The molecule has 1 unspecified atom stereocenters. The molecular weight excluding hydrogens is 220 g/mol. The third-order valence-electron chi connectivity index (χ3n) is 3.74. The number of rotatable bonds is 6. The summed E-state index contributed by atoms with van der Waals surface area (Å²) < 4.78 is 0. The molecule has 18 heavy (non-hydrogen) atoms. The highest BCUT2D eigenvalue weighted by atomic mass is 15.2. The van der Waals surface area contributed by atoms with Crippen LogP contribution in [0.3, 0.4) is 0 Å². The van der Waals surface area contributed by atoms with Gasteiger partial charge >= 0.3 is 0 Å². The predicted molar refractivity (Wildman–Crippen MR) is 78.0 cm³/mol. The van der Waals surface area contributed by atoms with Crippen LogP contribution in [-0.4, -0.2) is 31.1 Å². The van der Waals surface area contributed by atoms with E-state index in [0.29, 0.717) is 6.04 Å². The zero-order valence-corrected chi connectivity index (χ0v) is 12.2. The predicted octanol–water partition coefficient (Wildman–Crippen LogP) is 3.05. The van der Waals surface area contributed by atoms with Crippen LogP contribution in [0.5, 0.6) is 0 Å². The Morgan fingerprint density at radius 2 is 1.83 bits per heavy atom. The average Bonchev–Trinajstić information content (AvgIpc) is 3.10. The van der Waals surface area contributed by atoms with Crippen molar-refractivity contribution in [2.24, 2.45) is 0 Å². The third kappa shape index (κ3) is 3.56. The smallest absolute Gasteiger partial charge is 0.0449 e. The number of nitrogens with zero attached hydrogens (tertiary/aromatic N) is 1. The monoisotopic (exact) mass is 246 g/mol. The summed E-state index contributed by atoms with van der Waals surface area (Å²) in [6.07, 6.45) is 2.75. The van der Waals surface area contributed by atoms with E-state index in [0.717, 1.165) is 19.1 Å². The van der Waals surface area contributed by atoms with Crippen molar-refractivity contribution in [2.45, 2.75) is 45.7 Å². The van der Waals surface area contributed by atoms with Crippen LogP contribution < -0.4 is 5.32 Å². The SMILES string of the molecule is CCNC(CN(C)C1CC1)c1cc(C)cc(C)c1. The maximum atomic E-state index is 3.63. The molecule has 0 spiro atoms. The van der Waals surface area contributed by atoms with Gasteiger partial charge in [-0.15, -0.1) is 0 Å². The number of aryl methyl sites for hydroxylation is 2. The van der Waals surface area contributed by atoms with Crippen molar-refractivity contribution < 1.29 is 0 Å². The second-order valence-electron chi connectivity index (χ2n) is 5.70. The van der Waals surface area contributed by atoms with Crippen LogP contribution in [0.15, 0.2) is 18.2 Å². The Labute approximate surface area is 111 Å². The van der Waals surface area contributed by atoms with E-state index >= 15 is 0 Å². The fourth-order valence-corrected chi connectivity index (χ4v) is 2.70. The highest BCUT2D eigenvalue weighted by Gasteiger charge is 2.27. The van der Waals surface area contributed by atoms with Crippen molar-refractivity contribution in [1.82, 2.24) is 10.2 Å². The first kappa shape index (κ1) is 13.6. The van der Waals surface area contributed by atoms with E-state index in [1.54, 1.807) is 0 Å². The van der Waals surface area contributed by atoms with Gasteiger partial charge in [0.2, 0.25) is 0 Å². The zero-order valence-electron chi connectivity index (χ0n) is 12.2. The van der Waals surface area contributed by atoms with Crippen molar-refractivity contribution in [3.05, 3.63) is 34.9 Å². The Hall–Kier alpha value is -0.860. The molecule has 0 amide bonds. The first-order valence-corrected chi connectivity index (χ1v) is 7.12. The van der Waals surface area contributed by atoms with E-state index in [2.05, 4.69) is 56.2 Å². The molecule has 100 valence electrons. The number of hydrogen-bond donors (Lipinski definition) is 1. The molecule has 2 heteroatoms. The molecule has 1 aromatic rings. The van der Waals surface area contributed by atoms with E-state index in [4.69, 9.17) is 0 Å². The molecular formula is C16H26N2. The summed E-state index contributed by atoms with van der Waals surface area (Å²) in [4.78, 5) is 2.50. The van der Waals surface area contributed by atoms with Gasteiger partial charge < -0.3 is 10.2 Å². The highest BCUT2D eigenvalue weighted by molar-refractivity contribution is 5.31. The Bertz CT molecular complexity index is 376. The Balaban J connectivity index is 2.11. The molecule has 2 nitrogen and oxygen atoms in total. The van der Waals surface area contributed by atoms with E-state index in [9.17, 15) is 0 Å². The van der Waals surface area contributed by atoms with Crippen molar-refractivity contribution in [3.8, 4) is 0 Å². The molecule has 0 radical (unpaired) electrons. The van der Waals surface area contributed by atoms with Crippen LogP contribution >= 0.6 is 0 Å². The summed E-state index contributed by atoms with van der Waals surface area (Å²) in [6.45, 7) is 8.69. The number of nitrogens with one attached hydrogen (secondary N) is 1. The van der Waals surface area contributed by atoms with Gasteiger partial charge in [-0.25, -0.2) is 0 Å². The van der Waals surface area contributed by atoms with Gasteiger partial charge in [0.05, 0.1) is 0 Å². The minimum Gasteiger partial charge on any atom is -0.309 e. The van der Waals surface area contributed by atoms with Gasteiger partial charge in [-0.05, 0) is 45.8 Å². The molecule has 1 fully saturated rings. The van der Waals surface area contributed by atoms with Gasteiger partial charge in [0.25, 0.3) is 0 Å². The van der Waals surface area contributed by atoms with Crippen LogP contribution in [0, 0.1) is 13.8 Å². The lowest BCUT2D eigenvalue weighted by molar-refractivity contribution is 0.283. The molecule has 1 aliphatic rings. The van der Waals surface area contributed by atoms with Gasteiger partial charge in [0.15, 0.2) is 0 Å². The van der Waals surface area contributed by atoms with Crippen LogP contribution in [-0.2, 0) is 0 Å². The van der Waals surface area contributed by atoms with Gasteiger partial charge in [-0.3, -0.25) is 0 Å². The van der Waals surface area contributed by atoms with Crippen molar-refractivity contribution in [2.75, 3.05) is 20.1 Å². The van der Waals surface area contributed by atoms with Crippen LogP contribution in [0.1, 0.15) is 42.5 Å². The molecule has 0 aliphatic heterocycles. The molecule has 0 aromatic heterocycles. The number of benzene rings is 1. The van der Waals surface area contributed by atoms with E-state index in [1.807, 2.05) is 0 Å². The van der Waals surface area contributed by atoms with Crippen LogP contribution in [0.4, 0.5) is 0 Å². The maximum absolute atomic E-state index is 3.63. The van der Waals surface area contributed by atoms with Gasteiger partial charge in [0.1, 0.15) is 0 Å². The third-order valence-corrected chi connectivity index (χ3v) is 3.74. The van der Waals surface area contributed by atoms with Gasteiger partial charge in [-0.1, -0.05) is 36.2 Å². The largest absolute Gasteiger partial charge is 0.309 e. The van der Waals surface area contributed by atoms with E-state index in [-0.39, 0.29) is 0 Å². The van der Waals surface area contributed by atoms with Crippen molar-refractivity contribution in [3.63, 3.8) is 0 Å². The molecule has 0 saturated heterocycles. The van der Waals surface area contributed by atoms with Gasteiger partial charge in [0, 0.05) is 18.6 Å². The lowest BCUT2D eigenvalue weighted by Crippen LogP contribution is -2.34. The van der Waals surface area contributed by atoms with E-state index in [1.165, 1.54) is 29.5 Å². The minimum atomic E-state index is 0.458. The minimum absolute atomic E-state index is 0.458. The molecule has 0 bridgehead atoms. The highest BCUT2D eigenvalue weighted by Crippen LogP contribution is 2.27. The standard InChI is InChI=1S/C16H26N2/c1-5-17-16(11-18(4)15-6-7-15)14-9-12(2)8-13(3)10-14/h8-10,15-17H,5-7,11H2,1-4H3. The molecule has 1 atom stereocenters. The second-order valence-corrected chi connectivity index (χ2v) is 5.70. The zero-order chi connectivity index (χ0) is 13.1. The molecule has 1 aliphatic carbocycles. The Morgan fingerprint density at radius 1 is 1.22 bits per heavy atom. The van der Waals surface area contributed by atoms with Gasteiger partial charge in [-0.2, -0.15) is 0 Å². The normalized spacial score (nSPS) is 17.2. The first-order valence-electron chi connectivity index (χ1n) is 7.12. The van der Waals surface area contributed by atoms with E-state index < -0.39 is 0 Å². The Morgan fingerprint density at radius 3 is 2.33 bits per heavy atom. The molecule has 0 heterocycles. The van der Waals surface area contributed by atoms with Crippen molar-refractivity contribution in [1.29, 1.82) is 0 Å². The quantitative estimate of drug-likeness (QED) is 0.830. The second kappa shape index (κ2) is 5.85. The summed E-state index contributed by atoms with van der Waals surface area (Å²) >= 11 is 0. The summed E-state index contributed by atoms with van der Waals surface area (Å²) in [5, 5.41) is 3.63. The van der Waals surface area contributed by atoms with Crippen LogP contribution in [0.2, 0.25) is 0 Å². The van der Waals surface area contributed by atoms with Crippen molar-refractivity contribution >= 4 is 0 Å². The summed E-state index contributed by atoms with van der Waals surface area (Å²) in [5.74, 6) is 0. The average molecular weight is 246 g/mol. The molecule has 1 aromatic carbocycles. The fourth-order valence-electron chi connectivity index (χ4n) is 2.70. The topological polar surface area (TPSA) is 15.3 Å². The fraction of sp³-hybridized carbons (Fsp3) is 0.625. The number of hydrogen-bond acceptors (Lipinski definition) is 2. The summed E-state index contributed by atoms with van der Waals surface area (Å²) in [6, 6.07) is 8.18. The summed E-state index contributed by atoms with van der Waals surface area (Å²) in [7, 11) is 2.25. The van der Waals surface area contributed by atoms with Crippen LogP contribution in [0.25, 0.3) is 0 Å². The molecule has 1 saturated carbocycles. The lowest BCUT2D eigenvalue weighted by Gasteiger charge is -2.25. The first-order chi connectivity index (χ1) is 8.60. The maximum Gasteiger partial charge on any atom is 0.0449 e. The molecule has 2 rings (SSSR count).